The number of aromatic nitrogens is 1. The summed E-state index contributed by atoms with van der Waals surface area (Å²) in [4.78, 5) is 10.8. The van der Waals surface area contributed by atoms with Crippen molar-refractivity contribution in [1.82, 2.24) is 20.2 Å². The van der Waals surface area contributed by atoms with Crippen LogP contribution in [0.4, 0.5) is 10.2 Å². The van der Waals surface area contributed by atoms with E-state index in [9.17, 15) is 4.39 Å². The van der Waals surface area contributed by atoms with Crippen LogP contribution in [0.3, 0.4) is 0 Å². The van der Waals surface area contributed by atoms with Gasteiger partial charge in [0.25, 0.3) is 0 Å². The molecule has 28 heavy (non-hydrogen) atoms. The van der Waals surface area contributed by atoms with Crippen LogP contribution >= 0.6 is 0 Å². The van der Waals surface area contributed by atoms with Crippen LogP contribution in [-0.2, 0) is 6.54 Å². The predicted octanol–water partition coefficient (Wildman–Crippen LogP) is 2.39. The third-order valence-electron chi connectivity index (χ3n) is 4.15. The Labute approximate surface area is 168 Å². The number of aliphatic imine (C=N–C) groups is 1. The molecule has 0 amide bonds. The zero-order chi connectivity index (χ0) is 20.9. The van der Waals surface area contributed by atoms with E-state index in [0.717, 1.165) is 38.0 Å². The van der Waals surface area contributed by atoms with Gasteiger partial charge < -0.3 is 16.1 Å². The minimum absolute atomic E-state index is 0.0793. The van der Waals surface area contributed by atoms with Gasteiger partial charge in [-0.3, -0.25) is 10.3 Å². The van der Waals surface area contributed by atoms with E-state index in [1.54, 1.807) is 18.3 Å². The molecule has 0 aliphatic carbocycles. The Morgan fingerprint density at radius 2 is 2.04 bits per heavy atom. The number of halogens is 1. The van der Waals surface area contributed by atoms with Crippen LogP contribution in [0, 0.1) is 0 Å². The number of nitrogens with zero attached hydrogens (tertiary/aromatic N) is 4. The molecule has 1 aromatic heterocycles. The smallest absolute Gasteiger partial charge is 0.144 e. The summed E-state index contributed by atoms with van der Waals surface area (Å²) in [6.07, 6.45) is 4.87. The summed E-state index contributed by atoms with van der Waals surface area (Å²) in [5.41, 5.74) is 8.89. The van der Waals surface area contributed by atoms with Crippen LogP contribution in [0.25, 0.3) is 0 Å². The van der Waals surface area contributed by atoms with Crippen molar-refractivity contribution in [3.05, 3.63) is 36.0 Å². The number of amidine groups is 1. The molecule has 2 atom stereocenters. The molecule has 158 valence electrons. The number of allylic oxidation sites excluding steroid dienone is 1. The van der Waals surface area contributed by atoms with Crippen molar-refractivity contribution in [1.29, 1.82) is 0 Å². The van der Waals surface area contributed by atoms with Crippen molar-refractivity contribution in [2.45, 2.75) is 46.0 Å². The minimum atomic E-state index is -0.846. The van der Waals surface area contributed by atoms with Crippen molar-refractivity contribution < 1.29 is 4.39 Å². The largest absolute Gasteiger partial charge is 0.343 e. The van der Waals surface area contributed by atoms with Gasteiger partial charge in [-0.1, -0.05) is 19.9 Å². The van der Waals surface area contributed by atoms with Crippen LogP contribution in [0.15, 0.2) is 35.5 Å². The van der Waals surface area contributed by atoms with Gasteiger partial charge in [-0.2, -0.15) is 0 Å². The van der Waals surface area contributed by atoms with E-state index >= 15 is 0 Å². The third-order valence-corrected chi connectivity index (χ3v) is 4.15. The molecule has 3 aliphatic rings. The van der Waals surface area contributed by atoms with Gasteiger partial charge in [0.2, 0.25) is 0 Å². The summed E-state index contributed by atoms with van der Waals surface area (Å²) in [5.74, 6) is 1.91. The second-order valence-corrected chi connectivity index (χ2v) is 6.35. The van der Waals surface area contributed by atoms with Crippen LogP contribution < -0.4 is 16.5 Å². The Kier molecular flexibility index (Phi) is 11.3. The summed E-state index contributed by atoms with van der Waals surface area (Å²) in [6, 6.07) is 4.12. The molecule has 4 rings (SSSR count). The van der Waals surface area contributed by atoms with Crippen molar-refractivity contribution in [3.8, 4) is 0 Å². The van der Waals surface area contributed by atoms with Crippen molar-refractivity contribution >= 4 is 11.7 Å². The van der Waals surface area contributed by atoms with E-state index < -0.39 is 6.17 Å². The van der Waals surface area contributed by atoms with Gasteiger partial charge in [-0.25, -0.2) is 14.4 Å². The molecule has 4 heterocycles. The van der Waals surface area contributed by atoms with Gasteiger partial charge in [0, 0.05) is 44.9 Å². The SMILES string of the molecule is CC.CC1CC(F)C=CC(N2CCNC2)=N1.CN.CN1Cc2cccnc2N1. The number of pyridine rings is 1. The summed E-state index contributed by atoms with van der Waals surface area (Å²) in [5, 5.41) is 5.25. The van der Waals surface area contributed by atoms with Crippen molar-refractivity contribution in [3.63, 3.8) is 0 Å². The van der Waals surface area contributed by atoms with E-state index in [4.69, 9.17) is 0 Å². The van der Waals surface area contributed by atoms with Gasteiger partial charge in [-0.05, 0) is 32.2 Å². The molecular formula is C20H36FN7. The fourth-order valence-electron chi connectivity index (χ4n) is 2.95. The van der Waals surface area contributed by atoms with Gasteiger partial charge in [-0.15, -0.1) is 0 Å². The number of alkyl halides is 1. The molecule has 0 bridgehead atoms. The highest BCUT2D eigenvalue weighted by Crippen LogP contribution is 2.19. The first kappa shape index (κ1) is 24.0. The Bertz CT molecular complexity index is 589. The average molecular weight is 394 g/mol. The van der Waals surface area contributed by atoms with Crippen molar-refractivity contribution in [2.24, 2.45) is 10.7 Å². The maximum Gasteiger partial charge on any atom is 0.144 e. The first-order valence-corrected chi connectivity index (χ1v) is 9.97. The summed E-state index contributed by atoms with van der Waals surface area (Å²) >= 11 is 0. The maximum absolute atomic E-state index is 13.2. The monoisotopic (exact) mass is 393 g/mol. The second kappa shape index (κ2) is 13.2. The molecule has 8 heteroatoms. The molecule has 0 saturated carbocycles. The number of rotatable bonds is 0. The van der Waals surface area contributed by atoms with Gasteiger partial charge in [0.15, 0.2) is 0 Å². The second-order valence-electron chi connectivity index (χ2n) is 6.35. The Morgan fingerprint density at radius 3 is 2.68 bits per heavy atom. The number of nitrogens with two attached hydrogens (primary N) is 1. The third kappa shape index (κ3) is 7.53. The molecule has 3 aliphatic heterocycles. The van der Waals surface area contributed by atoms with E-state index in [1.807, 2.05) is 38.9 Å². The molecule has 0 radical (unpaired) electrons. The van der Waals surface area contributed by atoms with Gasteiger partial charge in [0.05, 0.1) is 12.7 Å². The standard InChI is InChI=1S/C10H16FN3.C7H9N3.C2H6.CH5N/c1-8-6-9(11)2-3-10(13-8)14-5-4-12-7-14;1-10-5-6-3-2-4-8-7(6)9-10;2*1-2/h2-3,8-9,12H,4-7H2,1H3;2-4H,5H2,1H3,(H,8,9);1-2H3;2H2,1H3. The predicted molar refractivity (Wildman–Crippen MR) is 116 cm³/mol. The fraction of sp³-hybridized carbons (Fsp3) is 0.600. The summed E-state index contributed by atoms with van der Waals surface area (Å²) < 4.78 is 13.2. The first-order chi connectivity index (χ1) is 13.6. The lowest BCUT2D eigenvalue weighted by molar-refractivity contribution is 0.361. The molecule has 7 nitrogen and oxygen atoms in total. The fourth-order valence-corrected chi connectivity index (χ4v) is 2.95. The zero-order valence-corrected chi connectivity index (χ0v) is 17.8. The highest BCUT2D eigenvalue weighted by atomic mass is 19.1. The quantitative estimate of drug-likeness (QED) is 0.628. The lowest BCUT2D eigenvalue weighted by Crippen LogP contribution is -2.28. The first-order valence-electron chi connectivity index (χ1n) is 9.97. The number of fused-ring (bicyclic) bond motifs is 1. The molecule has 2 unspecified atom stereocenters. The molecule has 4 N–H and O–H groups in total. The van der Waals surface area contributed by atoms with Crippen molar-refractivity contribution in [2.75, 3.05) is 39.3 Å². The summed E-state index contributed by atoms with van der Waals surface area (Å²) in [7, 11) is 3.50. The molecule has 0 spiro atoms. The number of nitrogens with one attached hydrogen (secondary N) is 2. The van der Waals surface area contributed by atoms with E-state index in [1.165, 1.54) is 12.6 Å². The van der Waals surface area contributed by atoms with Crippen LogP contribution in [0.1, 0.15) is 32.8 Å². The zero-order valence-electron chi connectivity index (χ0n) is 17.8. The van der Waals surface area contributed by atoms with Gasteiger partial charge in [0.1, 0.15) is 17.8 Å². The van der Waals surface area contributed by atoms with Crippen LogP contribution in [0.2, 0.25) is 0 Å². The Morgan fingerprint density at radius 1 is 1.29 bits per heavy atom. The molecule has 0 aromatic carbocycles. The lowest BCUT2D eigenvalue weighted by atomic mass is 10.2. The number of anilines is 1. The normalized spacial score (nSPS) is 22.8. The minimum Gasteiger partial charge on any atom is -0.343 e. The van der Waals surface area contributed by atoms with Crippen LogP contribution in [0.5, 0.6) is 0 Å². The molecular weight excluding hydrogens is 357 g/mol. The van der Waals surface area contributed by atoms with E-state index in [-0.39, 0.29) is 6.04 Å². The van der Waals surface area contributed by atoms with E-state index in [0.29, 0.717) is 6.42 Å². The number of hydrogen-bond donors (Lipinski definition) is 3. The number of hydrazine groups is 1. The molecule has 1 aromatic rings. The van der Waals surface area contributed by atoms with Gasteiger partial charge >= 0.3 is 0 Å². The lowest BCUT2D eigenvalue weighted by Gasteiger charge is -2.16. The van der Waals surface area contributed by atoms with E-state index in [2.05, 4.69) is 37.4 Å². The Balaban J connectivity index is 0.000000246. The average Bonchev–Trinajstić information content (AvgIpc) is 3.34. The molecule has 1 fully saturated rings. The topological polar surface area (TPSA) is 81.8 Å². The van der Waals surface area contributed by atoms with Crippen LogP contribution in [-0.4, -0.2) is 66.8 Å². The Hall–Kier alpha value is -2.03. The summed E-state index contributed by atoms with van der Waals surface area (Å²) in [6.45, 7) is 9.69. The maximum atomic E-state index is 13.2. The molecule has 1 saturated heterocycles. The highest BCUT2D eigenvalue weighted by Gasteiger charge is 2.18. The highest BCUT2D eigenvalue weighted by molar-refractivity contribution is 5.93. The number of hydrogen-bond acceptors (Lipinski definition) is 7.